The SMILES string of the molecule is COc1cccc(CN(C)C(=O)[C@@H]2C[C@@H]2C)n1. The van der Waals surface area contributed by atoms with Gasteiger partial charge in [-0.3, -0.25) is 4.79 Å². The number of amides is 1. The minimum absolute atomic E-state index is 0.224. The maximum Gasteiger partial charge on any atom is 0.226 e. The zero-order valence-electron chi connectivity index (χ0n) is 10.5. The molecule has 92 valence electrons. The lowest BCUT2D eigenvalue weighted by atomic mass is 10.2. The molecule has 0 aliphatic heterocycles. The Morgan fingerprint density at radius 2 is 2.29 bits per heavy atom. The van der Waals surface area contributed by atoms with Gasteiger partial charge in [-0.2, -0.15) is 0 Å². The molecular formula is C13H18N2O2. The lowest BCUT2D eigenvalue weighted by molar-refractivity contribution is -0.132. The summed E-state index contributed by atoms with van der Waals surface area (Å²) in [5, 5.41) is 0. The molecule has 0 spiro atoms. The van der Waals surface area contributed by atoms with Gasteiger partial charge < -0.3 is 9.64 Å². The average Bonchev–Trinajstić information content (AvgIpc) is 3.05. The first-order valence-corrected chi connectivity index (χ1v) is 5.86. The van der Waals surface area contributed by atoms with Crippen molar-refractivity contribution in [3.8, 4) is 5.88 Å². The molecule has 0 bridgehead atoms. The molecular weight excluding hydrogens is 216 g/mol. The first-order valence-electron chi connectivity index (χ1n) is 5.86. The van der Waals surface area contributed by atoms with Gasteiger partial charge in [-0.25, -0.2) is 4.98 Å². The van der Waals surface area contributed by atoms with Crippen LogP contribution in [0.25, 0.3) is 0 Å². The van der Waals surface area contributed by atoms with Crippen molar-refractivity contribution in [2.45, 2.75) is 19.9 Å². The molecule has 0 aromatic carbocycles. The Kier molecular flexibility index (Phi) is 3.31. The highest BCUT2D eigenvalue weighted by molar-refractivity contribution is 5.81. The van der Waals surface area contributed by atoms with Gasteiger partial charge in [-0.05, 0) is 18.4 Å². The summed E-state index contributed by atoms with van der Waals surface area (Å²) in [7, 11) is 3.42. The van der Waals surface area contributed by atoms with E-state index in [1.54, 1.807) is 18.1 Å². The number of carbonyl (C=O) groups is 1. The molecule has 17 heavy (non-hydrogen) atoms. The molecule has 0 radical (unpaired) electrons. The molecule has 1 aromatic heterocycles. The lowest BCUT2D eigenvalue weighted by Gasteiger charge is -2.16. The molecule has 0 N–H and O–H groups in total. The van der Waals surface area contributed by atoms with Crippen LogP contribution in [0.3, 0.4) is 0 Å². The van der Waals surface area contributed by atoms with Crippen LogP contribution in [0.2, 0.25) is 0 Å². The van der Waals surface area contributed by atoms with Crippen molar-refractivity contribution in [3.63, 3.8) is 0 Å². The van der Waals surface area contributed by atoms with Crippen molar-refractivity contribution >= 4 is 5.91 Å². The normalized spacial score (nSPS) is 22.1. The molecule has 1 fully saturated rings. The number of aromatic nitrogens is 1. The largest absolute Gasteiger partial charge is 0.481 e. The quantitative estimate of drug-likeness (QED) is 0.796. The Morgan fingerprint density at radius 1 is 1.59 bits per heavy atom. The minimum atomic E-state index is 0.224. The number of ether oxygens (including phenoxy) is 1. The van der Waals surface area contributed by atoms with Gasteiger partial charge in [0.25, 0.3) is 0 Å². The number of hydrogen-bond acceptors (Lipinski definition) is 3. The van der Waals surface area contributed by atoms with Gasteiger partial charge in [0.2, 0.25) is 11.8 Å². The van der Waals surface area contributed by atoms with Crippen LogP contribution in [0.5, 0.6) is 5.88 Å². The standard InChI is InChI=1S/C13H18N2O2/c1-9-7-11(9)13(16)15(2)8-10-5-4-6-12(14-10)17-3/h4-6,9,11H,7-8H2,1-3H3/t9-,11+/m0/s1. The summed E-state index contributed by atoms with van der Waals surface area (Å²) in [6.45, 7) is 2.65. The molecule has 1 aromatic rings. The molecule has 4 heteroatoms. The third-order valence-corrected chi connectivity index (χ3v) is 3.19. The number of carbonyl (C=O) groups excluding carboxylic acids is 1. The van der Waals surface area contributed by atoms with E-state index in [2.05, 4.69) is 11.9 Å². The second kappa shape index (κ2) is 4.73. The number of pyridine rings is 1. The first kappa shape index (κ1) is 11.9. The van der Waals surface area contributed by atoms with E-state index in [1.165, 1.54) is 0 Å². The van der Waals surface area contributed by atoms with E-state index >= 15 is 0 Å². The maximum atomic E-state index is 11.9. The predicted octanol–water partition coefficient (Wildman–Crippen LogP) is 1.70. The fourth-order valence-corrected chi connectivity index (χ4v) is 1.93. The van der Waals surface area contributed by atoms with Gasteiger partial charge in [0, 0.05) is 19.0 Å². The predicted molar refractivity (Wildman–Crippen MR) is 64.5 cm³/mol. The van der Waals surface area contributed by atoms with E-state index in [0.29, 0.717) is 18.3 Å². The zero-order valence-corrected chi connectivity index (χ0v) is 10.5. The molecule has 0 unspecified atom stereocenters. The fourth-order valence-electron chi connectivity index (χ4n) is 1.93. The van der Waals surface area contributed by atoms with Crippen molar-refractivity contribution in [2.24, 2.45) is 11.8 Å². The van der Waals surface area contributed by atoms with E-state index in [0.717, 1.165) is 12.1 Å². The molecule has 2 atom stereocenters. The van der Waals surface area contributed by atoms with Crippen molar-refractivity contribution in [1.29, 1.82) is 0 Å². The first-order chi connectivity index (χ1) is 8.11. The molecule has 1 amide bonds. The Bertz CT molecular complexity index is 420. The van der Waals surface area contributed by atoms with Crippen LogP contribution in [-0.2, 0) is 11.3 Å². The van der Waals surface area contributed by atoms with Crippen LogP contribution in [0.4, 0.5) is 0 Å². The Labute approximate surface area is 102 Å². The molecule has 2 rings (SSSR count). The number of methoxy groups -OCH3 is 1. The fraction of sp³-hybridized carbons (Fsp3) is 0.538. The van der Waals surface area contributed by atoms with E-state index in [9.17, 15) is 4.79 Å². The van der Waals surface area contributed by atoms with E-state index in [-0.39, 0.29) is 11.8 Å². The van der Waals surface area contributed by atoms with Crippen molar-refractivity contribution < 1.29 is 9.53 Å². The van der Waals surface area contributed by atoms with Gasteiger partial charge in [-0.1, -0.05) is 13.0 Å². The lowest BCUT2D eigenvalue weighted by Crippen LogP contribution is -2.28. The summed E-state index contributed by atoms with van der Waals surface area (Å²) in [5.41, 5.74) is 0.855. The van der Waals surface area contributed by atoms with Gasteiger partial charge >= 0.3 is 0 Å². The number of nitrogens with zero attached hydrogens (tertiary/aromatic N) is 2. The summed E-state index contributed by atoms with van der Waals surface area (Å²) >= 11 is 0. The third-order valence-electron chi connectivity index (χ3n) is 3.19. The summed E-state index contributed by atoms with van der Waals surface area (Å²) in [5.74, 6) is 1.58. The van der Waals surface area contributed by atoms with Crippen LogP contribution >= 0.6 is 0 Å². The smallest absolute Gasteiger partial charge is 0.226 e. The maximum absolute atomic E-state index is 11.9. The monoisotopic (exact) mass is 234 g/mol. The molecule has 1 heterocycles. The van der Waals surface area contributed by atoms with Crippen LogP contribution in [0.1, 0.15) is 19.0 Å². The van der Waals surface area contributed by atoms with E-state index in [1.807, 2.05) is 19.2 Å². The molecule has 1 aliphatic carbocycles. The van der Waals surface area contributed by atoms with Crippen LogP contribution in [0, 0.1) is 11.8 Å². The zero-order chi connectivity index (χ0) is 12.4. The minimum Gasteiger partial charge on any atom is -0.481 e. The molecule has 1 saturated carbocycles. The van der Waals surface area contributed by atoms with Gasteiger partial charge in [0.1, 0.15) is 0 Å². The summed E-state index contributed by atoms with van der Waals surface area (Å²) in [6.07, 6.45) is 1.02. The summed E-state index contributed by atoms with van der Waals surface area (Å²) in [4.78, 5) is 18.0. The highest BCUT2D eigenvalue weighted by atomic mass is 16.5. The van der Waals surface area contributed by atoms with Crippen molar-refractivity contribution in [1.82, 2.24) is 9.88 Å². The van der Waals surface area contributed by atoms with Gasteiger partial charge in [0.05, 0.1) is 19.3 Å². The summed E-state index contributed by atoms with van der Waals surface area (Å²) in [6, 6.07) is 5.59. The highest BCUT2D eigenvalue weighted by Gasteiger charge is 2.40. The topological polar surface area (TPSA) is 42.4 Å². The number of hydrogen-bond donors (Lipinski definition) is 0. The molecule has 0 saturated heterocycles. The Hall–Kier alpha value is -1.58. The second-order valence-electron chi connectivity index (χ2n) is 4.69. The molecule has 1 aliphatic rings. The highest BCUT2D eigenvalue weighted by Crippen LogP contribution is 2.39. The van der Waals surface area contributed by atoms with Crippen molar-refractivity contribution in [3.05, 3.63) is 23.9 Å². The molecule has 4 nitrogen and oxygen atoms in total. The van der Waals surface area contributed by atoms with Crippen LogP contribution in [0.15, 0.2) is 18.2 Å². The van der Waals surface area contributed by atoms with E-state index < -0.39 is 0 Å². The summed E-state index contributed by atoms with van der Waals surface area (Å²) < 4.78 is 5.06. The third kappa shape index (κ3) is 2.75. The Balaban J connectivity index is 1.97. The van der Waals surface area contributed by atoms with Gasteiger partial charge in [-0.15, -0.1) is 0 Å². The van der Waals surface area contributed by atoms with E-state index in [4.69, 9.17) is 4.74 Å². The van der Waals surface area contributed by atoms with Crippen molar-refractivity contribution in [2.75, 3.05) is 14.2 Å². The van der Waals surface area contributed by atoms with Gasteiger partial charge in [0.15, 0.2) is 0 Å². The number of rotatable bonds is 4. The second-order valence-corrected chi connectivity index (χ2v) is 4.69. The Morgan fingerprint density at radius 3 is 2.88 bits per heavy atom. The van der Waals surface area contributed by atoms with Crippen LogP contribution < -0.4 is 4.74 Å². The van der Waals surface area contributed by atoms with Crippen LogP contribution in [-0.4, -0.2) is 29.9 Å². The average molecular weight is 234 g/mol.